The van der Waals surface area contributed by atoms with E-state index in [0.29, 0.717) is 5.92 Å². The lowest BCUT2D eigenvalue weighted by Gasteiger charge is -2.39. The SMILES string of the molecule is CC(C1CC1)N(C)C(=O)NC1(CC(=O)O)CCCCC1. The summed E-state index contributed by atoms with van der Waals surface area (Å²) in [6.45, 7) is 2.07. The Morgan fingerprint density at radius 1 is 1.30 bits per heavy atom. The fourth-order valence-corrected chi connectivity index (χ4v) is 3.26. The van der Waals surface area contributed by atoms with E-state index in [0.717, 1.165) is 32.1 Å². The highest BCUT2D eigenvalue weighted by Crippen LogP contribution is 2.35. The Morgan fingerprint density at radius 3 is 2.40 bits per heavy atom. The molecular weight excluding hydrogens is 256 g/mol. The average molecular weight is 282 g/mol. The van der Waals surface area contributed by atoms with Gasteiger partial charge in [0.05, 0.1) is 12.0 Å². The Morgan fingerprint density at radius 2 is 1.90 bits per heavy atom. The van der Waals surface area contributed by atoms with Gasteiger partial charge in [-0.15, -0.1) is 0 Å². The number of rotatable bonds is 5. The lowest BCUT2D eigenvalue weighted by Crippen LogP contribution is -2.56. The molecule has 1 atom stereocenters. The highest BCUT2D eigenvalue weighted by atomic mass is 16.4. The minimum Gasteiger partial charge on any atom is -0.481 e. The molecule has 2 rings (SSSR count). The van der Waals surface area contributed by atoms with E-state index in [-0.39, 0.29) is 18.5 Å². The van der Waals surface area contributed by atoms with Gasteiger partial charge >= 0.3 is 12.0 Å². The van der Waals surface area contributed by atoms with Crippen LogP contribution in [0.5, 0.6) is 0 Å². The second kappa shape index (κ2) is 6.02. The molecule has 2 fully saturated rings. The van der Waals surface area contributed by atoms with Crippen LogP contribution in [0.15, 0.2) is 0 Å². The summed E-state index contributed by atoms with van der Waals surface area (Å²) in [5, 5.41) is 12.2. The van der Waals surface area contributed by atoms with E-state index >= 15 is 0 Å². The number of carboxylic acid groups (broad SMARTS) is 1. The predicted molar refractivity (Wildman–Crippen MR) is 76.5 cm³/mol. The number of carbonyl (C=O) groups is 2. The number of hydrogen-bond donors (Lipinski definition) is 2. The van der Waals surface area contributed by atoms with Gasteiger partial charge in [-0.3, -0.25) is 4.79 Å². The van der Waals surface area contributed by atoms with Gasteiger partial charge in [0.15, 0.2) is 0 Å². The zero-order valence-electron chi connectivity index (χ0n) is 12.5. The van der Waals surface area contributed by atoms with Crippen molar-refractivity contribution < 1.29 is 14.7 Å². The molecular formula is C15H26N2O3. The lowest BCUT2D eigenvalue weighted by molar-refractivity contribution is -0.139. The number of urea groups is 1. The third-order valence-corrected chi connectivity index (χ3v) is 4.91. The van der Waals surface area contributed by atoms with Crippen molar-refractivity contribution in [1.29, 1.82) is 0 Å². The summed E-state index contributed by atoms with van der Waals surface area (Å²) >= 11 is 0. The first-order valence-corrected chi connectivity index (χ1v) is 7.70. The third kappa shape index (κ3) is 3.64. The minimum atomic E-state index is -0.829. The molecule has 0 heterocycles. The van der Waals surface area contributed by atoms with Crippen molar-refractivity contribution in [2.75, 3.05) is 7.05 Å². The van der Waals surface area contributed by atoms with Crippen LogP contribution in [0.1, 0.15) is 58.3 Å². The van der Waals surface area contributed by atoms with E-state index in [1.807, 2.05) is 7.05 Å². The van der Waals surface area contributed by atoms with Crippen molar-refractivity contribution in [3.05, 3.63) is 0 Å². The molecule has 2 amide bonds. The van der Waals surface area contributed by atoms with Crippen molar-refractivity contribution >= 4 is 12.0 Å². The van der Waals surface area contributed by atoms with Gasteiger partial charge in [-0.25, -0.2) is 4.79 Å². The molecule has 1 unspecified atom stereocenters. The fraction of sp³-hybridized carbons (Fsp3) is 0.867. The number of aliphatic carboxylic acids is 1. The number of nitrogens with zero attached hydrogens (tertiary/aromatic N) is 1. The van der Waals surface area contributed by atoms with Gasteiger partial charge in [-0.05, 0) is 38.5 Å². The van der Waals surface area contributed by atoms with Crippen molar-refractivity contribution in [2.24, 2.45) is 5.92 Å². The Kier molecular flexibility index (Phi) is 4.55. The van der Waals surface area contributed by atoms with E-state index in [1.54, 1.807) is 4.90 Å². The normalized spacial score (nSPS) is 22.9. The summed E-state index contributed by atoms with van der Waals surface area (Å²) in [5.74, 6) is -0.211. The van der Waals surface area contributed by atoms with Crippen molar-refractivity contribution in [1.82, 2.24) is 10.2 Å². The highest BCUT2D eigenvalue weighted by molar-refractivity contribution is 5.77. The molecule has 5 nitrogen and oxygen atoms in total. The Labute approximate surface area is 120 Å². The number of nitrogens with one attached hydrogen (secondary N) is 1. The van der Waals surface area contributed by atoms with Crippen LogP contribution in [0.2, 0.25) is 0 Å². The van der Waals surface area contributed by atoms with E-state index in [9.17, 15) is 9.59 Å². The Hall–Kier alpha value is -1.26. The maximum Gasteiger partial charge on any atom is 0.317 e. The maximum atomic E-state index is 12.4. The van der Waals surface area contributed by atoms with Crippen LogP contribution in [0.25, 0.3) is 0 Å². The molecule has 0 aromatic rings. The first kappa shape index (κ1) is 15.1. The van der Waals surface area contributed by atoms with Crippen molar-refractivity contribution in [3.8, 4) is 0 Å². The molecule has 0 bridgehead atoms. The van der Waals surface area contributed by atoms with Gasteiger partial charge in [-0.1, -0.05) is 19.3 Å². The fourth-order valence-electron chi connectivity index (χ4n) is 3.26. The quantitative estimate of drug-likeness (QED) is 0.814. The van der Waals surface area contributed by atoms with E-state index in [2.05, 4.69) is 12.2 Å². The van der Waals surface area contributed by atoms with Crippen LogP contribution in [-0.2, 0) is 4.79 Å². The topological polar surface area (TPSA) is 69.6 Å². The minimum absolute atomic E-state index is 0.0321. The molecule has 2 N–H and O–H groups in total. The standard InChI is InChI=1S/C15H26N2O3/c1-11(12-6-7-12)17(2)14(20)16-15(10-13(18)19)8-4-3-5-9-15/h11-12H,3-10H2,1-2H3,(H,16,20)(H,18,19). The van der Waals surface area contributed by atoms with Crippen molar-refractivity contribution in [3.63, 3.8) is 0 Å². The van der Waals surface area contributed by atoms with Crippen LogP contribution < -0.4 is 5.32 Å². The predicted octanol–water partition coefficient (Wildman–Crippen LogP) is 2.60. The first-order chi connectivity index (χ1) is 9.43. The summed E-state index contributed by atoms with van der Waals surface area (Å²) in [5.41, 5.74) is -0.543. The number of hydrogen-bond acceptors (Lipinski definition) is 2. The Bertz CT molecular complexity index is 373. The van der Waals surface area contributed by atoms with Gasteiger partial charge in [0.25, 0.3) is 0 Å². The monoisotopic (exact) mass is 282 g/mol. The maximum absolute atomic E-state index is 12.4. The van der Waals surface area contributed by atoms with Gasteiger partial charge < -0.3 is 15.3 Å². The molecule has 0 aromatic heterocycles. The summed E-state index contributed by atoms with van der Waals surface area (Å²) in [4.78, 5) is 25.3. The van der Waals surface area contributed by atoms with E-state index in [4.69, 9.17) is 5.11 Å². The average Bonchev–Trinajstić information content (AvgIpc) is 3.21. The van der Waals surface area contributed by atoms with Crippen LogP contribution in [-0.4, -0.2) is 40.6 Å². The van der Waals surface area contributed by atoms with E-state index < -0.39 is 11.5 Å². The zero-order chi connectivity index (χ0) is 14.8. The van der Waals surface area contributed by atoms with Crippen LogP contribution >= 0.6 is 0 Å². The summed E-state index contributed by atoms with van der Waals surface area (Å²) in [7, 11) is 1.82. The Balaban J connectivity index is 1.98. The van der Waals surface area contributed by atoms with Gasteiger partial charge in [0.1, 0.15) is 0 Å². The largest absolute Gasteiger partial charge is 0.481 e. The summed E-state index contributed by atoms with van der Waals surface area (Å²) < 4.78 is 0. The molecule has 0 aromatic carbocycles. The number of carbonyl (C=O) groups excluding carboxylic acids is 1. The van der Waals surface area contributed by atoms with Crippen LogP contribution in [0.3, 0.4) is 0 Å². The zero-order valence-corrected chi connectivity index (χ0v) is 12.5. The smallest absolute Gasteiger partial charge is 0.317 e. The second-order valence-electron chi connectivity index (χ2n) is 6.53. The molecule has 0 radical (unpaired) electrons. The van der Waals surface area contributed by atoms with E-state index in [1.165, 1.54) is 12.8 Å². The number of carboxylic acids is 1. The molecule has 0 spiro atoms. The third-order valence-electron chi connectivity index (χ3n) is 4.91. The molecule has 20 heavy (non-hydrogen) atoms. The van der Waals surface area contributed by atoms with Crippen molar-refractivity contribution in [2.45, 2.75) is 69.9 Å². The molecule has 2 aliphatic carbocycles. The molecule has 0 aliphatic heterocycles. The first-order valence-electron chi connectivity index (χ1n) is 7.70. The molecule has 2 saturated carbocycles. The molecule has 114 valence electrons. The summed E-state index contributed by atoms with van der Waals surface area (Å²) in [6, 6.07) is 0.119. The second-order valence-corrected chi connectivity index (χ2v) is 6.53. The van der Waals surface area contributed by atoms with Gasteiger partial charge in [0, 0.05) is 13.1 Å². The van der Waals surface area contributed by atoms with Gasteiger partial charge in [-0.2, -0.15) is 0 Å². The van der Waals surface area contributed by atoms with Gasteiger partial charge in [0.2, 0.25) is 0 Å². The lowest BCUT2D eigenvalue weighted by atomic mass is 9.79. The highest BCUT2D eigenvalue weighted by Gasteiger charge is 2.38. The molecule has 0 saturated heterocycles. The van der Waals surface area contributed by atoms with Crippen LogP contribution in [0, 0.1) is 5.92 Å². The van der Waals surface area contributed by atoms with Crippen LogP contribution in [0.4, 0.5) is 4.79 Å². The summed E-state index contributed by atoms with van der Waals surface area (Å²) in [6.07, 6.45) is 7.09. The molecule has 5 heteroatoms. The number of amides is 2. The molecule has 2 aliphatic rings.